The topological polar surface area (TPSA) is 74.7 Å². The molecule has 1 saturated heterocycles. The summed E-state index contributed by atoms with van der Waals surface area (Å²) in [6.07, 6.45) is 1.70. The number of sulfonamides is 1. The van der Waals surface area contributed by atoms with Crippen molar-refractivity contribution in [3.05, 3.63) is 14.2 Å². The maximum atomic E-state index is 12.5. The van der Waals surface area contributed by atoms with Crippen molar-refractivity contribution >= 4 is 54.9 Å². The molecule has 1 N–H and O–H groups in total. The van der Waals surface area contributed by atoms with Gasteiger partial charge in [-0.15, -0.1) is 11.3 Å². The summed E-state index contributed by atoms with van der Waals surface area (Å²) in [7, 11) is -3.87. The normalized spacial score (nSPS) is 21.5. The van der Waals surface area contributed by atoms with Crippen LogP contribution >= 0.6 is 38.9 Å². The summed E-state index contributed by atoms with van der Waals surface area (Å²) < 4.78 is 26.8. The Hall–Kier alpha value is -0.150. The van der Waals surface area contributed by atoms with Crippen molar-refractivity contribution in [2.75, 3.05) is 6.54 Å². The fourth-order valence-corrected chi connectivity index (χ4v) is 6.45. The molecule has 19 heavy (non-hydrogen) atoms. The summed E-state index contributed by atoms with van der Waals surface area (Å²) in [6.45, 7) is 0.211. The van der Waals surface area contributed by atoms with Gasteiger partial charge < -0.3 is 5.11 Å². The van der Waals surface area contributed by atoms with E-state index < -0.39 is 22.0 Å². The van der Waals surface area contributed by atoms with E-state index in [0.717, 1.165) is 15.6 Å². The van der Waals surface area contributed by atoms with Gasteiger partial charge in [0.2, 0.25) is 10.0 Å². The summed E-state index contributed by atoms with van der Waals surface area (Å²) in [5.74, 6) is -1.12. The fourth-order valence-electron chi connectivity index (χ4n) is 2.07. The molecule has 0 saturated carbocycles. The molecule has 0 spiro atoms. The van der Waals surface area contributed by atoms with Crippen LogP contribution in [0.15, 0.2) is 14.7 Å². The summed E-state index contributed by atoms with van der Waals surface area (Å²) in [4.78, 5) is 11.2. The second-order valence-electron chi connectivity index (χ2n) is 4.15. The minimum Gasteiger partial charge on any atom is -0.480 e. The molecule has 1 unspecified atom stereocenters. The van der Waals surface area contributed by atoms with Crippen LogP contribution in [0.3, 0.4) is 0 Å². The average Bonchev–Trinajstić information content (AvgIpc) is 2.69. The number of nitrogens with zero attached hydrogens (tertiary/aromatic N) is 1. The number of piperidine rings is 1. The van der Waals surface area contributed by atoms with Gasteiger partial charge in [-0.3, -0.25) is 4.79 Å². The largest absolute Gasteiger partial charge is 0.480 e. The summed E-state index contributed by atoms with van der Waals surface area (Å²) in [6, 6.07) is 0.407. The third-order valence-corrected chi connectivity index (χ3v) is 6.99. The number of halogens is 2. The molecule has 0 amide bonds. The van der Waals surface area contributed by atoms with Crippen LogP contribution in [0.1, 0.15) is 19.3 Å². The highest BCUT2D eigenvalue weighted by atomic mass is 79.9. The van der Waals surface area contributed by atoms with Gasteiger partial charge in [-0.25, -0.2) is 8.42 Å². The molecular weight excluding hydrogens is 378 g/mol. The van der Waals surface area contributed by atoms with E-state index in [1.165, 1.54) is 6.07 Å². The van der Waals surface area contributed by atoms with E-state index in [9.17, 15) is 13.2 Å². The van der Waals surface area contributed by atoms with E-state index in [2.05, 4.69) is 15.9 Å². The molecule has 2 heterocycles. The highest BCUT2D eigenvalue weighted by Gasteiger charge is 2.39. The van der Waals surface area contributed by atoms with Crippen molar-refractivity contribution in [3.8, 4) is 0 Å². The lowest BCUT2D eigenvalue weighted by atomic mass is 10.1. The molecular formula is C10H11BrClNO4S2. The van der Waals surface area contributed by atoms with Gasteiger partial charge in [0.25, 0.3) is 0 Å². The number of carbonyl (C=O) groups is 1. The van der Waals surface area contributed by atoms with Gasteiger partial charge in [0.05, 0.1) is 3.79 Å². The molecule has 1 atom stereocenters. The lowest BCUT2D eigenvalue weighted by Crippen LogP contribution is -2.47. The molecule has 1 fully saturated rings. The Morgan fingerprint density at radius 2 is 2.21 bits per heavy atom. The Labute approximate surface area is 128 Å². The number of carboxylic acids is 1. The molecule has 0 bridgehead atoms. The van der Waals surface area contributed by atoms with Gasteiger partial charge in [-0.2, -0.15) is 4.31 Å². The third-order valence-electron chi connectivity index (χ3n) is 2.95. The number of hydrogen-bond acceptors (Lipinski definition) is 4. The van der Waals surface area contributed by atoms with Crippen LogP contribution in [0.25, 0.3) is 0 Å². The first-order valence-electron chi connectivity index (χ1n) is 5.53. The number of aliphatic carboxylic acids is 1. The Morgan fingerprint density at radius 3 is 2.74 bits per heavy atom. The molecule has 0 radical (unpaired) electrons. The summed E-state index contributed by atoms with van der Waals surface area (Å²) >= 11 is 10.2. The molecule has 1 aliphatic rings. The number of rotatable bonds is 3. The maximum absolute atomic E-state index is 12.5. The summed E-state index contributed by atoms with van der Waals surface area (Å²) in [5.41, 5.74) is 0. The Balaban J connectivity index is 2.43. The highest BCUT2D eigenvalue weighted by Crippen LogP contribution is 2.37. The first-order chi connectivity index (χ1) is 8.84. The van der Waals surface area contributed by atoms with Crippen LogP contribution in [0.2, 0.25) is 4.34 Å². The van der Waals surface area contributed by atoms with E-state index >= 15 is 0 Å². The van der Waals surface area contributed by atoms with Crippen molar-refractivity contribution in [3.63, 3.8) is 0 Å². The van der Waals surface area contributed by atoms with Gasteiger partial charge >= 0.3 is 5.97 Å². The van der Waals surface area contributed by atoms with E-state index in [1.807, 2.05) is 0 Å². The number of thiophene rings is 1. The Kier molecular flexibility index (Phi) is 4.56. The van der Waals surface area contributed by atoms with Gasteiger partial charge in [0.1, 0.15) is 15.3 Å². The monoisotopic (exact) mass is 387 g/mol. The van der Waals surface area contributed by atoms with Crippen LogP contribution in [0.4, 0.5) is 0 Å². The van der Waals surface area contributed by atoms with Gasteiger partial charge in [0, 0.05) is 6.54 Å². The fraction of sp³-hybridized carbons (Fsp3) is 0.500. The van der Waals surface area contributed by atoms with Crippen molar-refractivity contribution in [2.24, 2.45) is 0 Å². The minimum atomic E-state index is -3.87. The quantitative estimate of drug-likeness (QED) is 0.864. The van der Waals surface area contributed by atoms with Crippen LogP contribution in [-0.4, -0.2) is 36.4 Å². The maximum Gasteiger partial charge on any atom is 0.322 e. The van der Waals surface area contributed by atoms with E-state index in [-0.39, 0.29) is 15.8 Å². The van der Waals surface area contributed by atoms with Crippen molar-refractivity contribution in [1.29, 1.82) is 0 Å². The predicted molar refractivity (Wildman–Crippen MR) is 76.2 cm³/mol. The zero-order valence-corrected chi connectivity index (χ0v) is 13.6. The molecule has 5 nitrogen and oxygen atoms in total. The predicted octanol–water partition coefficient (Wildman–Crippen LogP) is 2.79. The lowest BCUT2D eigenvalue weighted by Gasteiger charge is -2.31. The number of hydrogen-bond donors (Lipinski definition) is 1. The summed E-state index contributed by atoms with van der Waals surface area (Å²) in [5, 5.41) is 9.15. The Morgan fingerprint density at radius 1 is 1.53 bits per heavy atom. The van der Waals surface area contributed by atoms with Crippen molar-refractivity contribution < 1.29 is 18.3 Å². The van der Waals surface area contributed by atoms with Gasteiger partial charge in [0.15, 0.2) is 0 Å². The van der Waals surface area contributed by atoms with Crippen LogP contribution < -0.4 is 0 Å². The molecule has 9 heteroatoms. The van der Waals surface area contributed by atoms with E-state index in [0.29, 0.717) is 23.0 Å². The third kappa shape index (κ3) is 2.97. The molecule has 2 rings (SSSR count). The average molecular weight is 389 g/mol. The first-order valence-corrected chi connectivity index (χ1v) is 8.96. The molecule has 0 aromatic carbocycles. The Bertz CT molecular complexity index is 601. The lowest BCUT2D eigenvalue weighted by molar-refractivity contribution is -0.142. The van der Waals surface area contributed by atoms with E-state index in [4.69, 9.17) is 16.7 Å². The molecule has 0 aliphatic carbocycles. The molecule has 1 aromatic rings. The molecule has 106 valence electrons. The first kappa shape index (κ1) is 15.2. The standard InChI is InChI=1S/C10H11BrClNO4S2/c11-8-5-7(9(12)18-8)19(16,17)13-4-2-1-3-6(13)10(14)15/h5-6H,1-4H2,(H,14,15). The number of carboxylic acid groups (broad SMARTS) is 1. The zero-order valence-electron chi connectivity index (χ0n) is 9.67. The van der Waals surface area contributed by atoms with Crippen LogP contribution in [-0.2, 0) is 14.8 Å². The van der Waals surface area contributed by atoms with Crippen LogP contribution in [0, 0.1) is 0 Å². The molecule has 1 aromatic heterocycles. The van der Waals surface area contributed by atoms with Crippen molar-refractivity contribution in [1.82, 2.24) is 4.31 Å². The minimum absolute atomic E-state index is 0.0285. The smallest absolute Gasteiger partial charge is 0.322 e. The van der Waals surface area contributed by atoms with Gasteiger partial charge in [-0.05, 0) is 41.3 Å². The van der Waals surface area contributed by atoms with Crippen LogP contribution in [0.5, 0.6) is 0 Å². The molecule has 1 aliphatic heterocycles. The van der Waals surface area contributed by atoms with Gasteiger partial charge in [-0.1, -0.05) is 11.6 Å². The van der Waals surface area contributed by atoms with Crippen molar-refractivity contribution in [2.45, 2.75) is 30.2 Å². The highest BCUT2D eigenvalue weighted by molar-refractivity contribution is 9.11. The zero-order chi connectivity index (χ0) is 14.2. The SMILES string of the molecule is O=C(O)C1CCCCN1S(=O)(=O)c1cc(Br)sc1Cl. The second-order valence-corrected chi connectivity index (χ2v) is 9.05. The van der Waals surface area contributed by atoms with E-state index in [1.54, 1.807) is 0 Å². The second kappa shape index (κ2) is 5.69.